The van der Waals surface area contributed by atoms with Crippen LogP contribution in [0.3, 0.4) is 0 Å². The number of aromatic nitrogens is 3. The van der Waals surface area contributed by atoms with Crippen molar-refractivity contribution in [2.45, 2.75) is 13.1 Å². The zero-order valence-electron chi connectivity index (χ0n) is 16.4. The highest BCUT2D eigenvalue weighted by Gasteiger charge is 2.13. The Morgan fingerprint density at radius 2 is 1.97 bits per heavy atom. The molecule has 0 unspecified atom stereocenters. The molecule has 4 aromatic rings. The Morgan fingerprint density at radius 1 is 1.17 bits per heavy atom. The summed E-state index contributed by atoms with van der Waals surface area (Å²) in [6.07, 6.45) is 1.40. The second-order valence-electron chi connectivity index (χ2n) is 6.68. The van der Waals surface area contributed by atoms with Crippen LogP contribution in [0.4, 0.5) is 0 Å². The first-order valence-corrected chi connectivity index (χ1v) is 9.93. The molecule has 30 heavy (non-hydrogen) atoms. The molecule has 0 spiro atoms. The van der Waals surface area contributed by atoms with Gasteiger partial charge in [-0.25, -0.2) is 4.98 Å². The Balaban J connectivity index is 1.51. The van der Waals surface area contributed by atoms with E-state index in [9.17, 15) is 9.59 Å². The maximum absolute atomic E-state index is 12.8. The third kappa shape index (κ3) is 3.76. The van der Waals surface area contributed by atoms with Crippen molar-refractivity contribution in [2.75, 3.05) is 14.2 Å². The predicted octanol–water partition coefficient (Wildman–Crippen LogP) is 2.97. The molecule has 2 aromatic heterocycles. The van der Waals surface area contributed by atoms with Crippen molar-refractivity contribution >= 4 is 43.8 Å². The molecule has 0 aliphatic heterocycles. The van der Waals surface area contributed by atoms with Crippen LogP contribution in [0.25, 0.3) is 21.9 Å². The summed E-state index contributed by atoms with van der Waals surface area (Å²) in [7, 11) is 3.12. The first-order valence-electron chi connectivity index (χ1n) is 9.14. The van der Waals surface area contributed by atoms with Gasteiger partial charge in [-0.05, 0) is 35.9 Å². The van der Waals surface area contributed by atoms with E-state index in [4.69, 9.17) is 9.47 Å². The second kappa shape index (κ2) is 8.19. The average molecular weight is 471 g/mol. The molecule has 154 valence electrons. The smallest absolute Gasteiger partial charge is 0.278 e. The van der Waals surface area contributed by atoms with E-state index < -0.39 is 0 Å². The summed E-state index contributed by atoms with van der Waals surface area (Å²) in [5.74, 6) is 0.899. The third-order valence-electron chi connectivity index (χ3n) is 4.79. The number of amides is 1. The number of H-pyrrole nitrogens is 1. The summed E-state index contributed by atoms with van der Waals surface area (Å²) in [6.45, 7) is 0.165. The fraction of sp³-hybridized carbons (Fsp3) is 0.190. The summed E-state index contributed by atoms with van der Waals surface area (Å²) >= 11 is 3.43. The van der Waals surface area contributed by atoms with Gasteiger partial charge < -0.3 is 19.8 Å². The number of fused-ring (bicyclic) bond motifs is 3. The van der Waals surface area contributed by atoms with Gasteiger partial charge in [0.15, 0.2) is 11.5 Å². The quantitative estimate of drug-likeness (QED) is 0.451. The third-order valence-corrected chi connectivity index (χ3v) is 5.28. The van der Waals surface area contributed by atoms with E-state index in [1.807, 2.05) is 24.3 Å². The normalized spacial score (nSPS) is 11.0. The summed E-state index contributed by atoms with van der Waals surface area (Å²) in [6, 6.07) is 11.1. The number of ether oxygens (including phenoxy) is 2. The monoisotopic (exact) mass is 470 g/mol. The van der Waals surface area contributed by atoms with Crippen molar-refractivity contribution in [1.29, 1.82) is 0 Å². The molecule has 2 N–H and O–H groups in total. The van der Waals surface area contributed by atoms with Gasteiger partial charge in [0.05, 0.1) is 20.5 Å². The van der Waals surface area contributed by atoms with Gasteiger partial charge in [0.25, 0.3) is 5.56 Å². The Hall–Kier alpha value is -3.33. The minimum Gasteiger partial charge on any atom is -0.493 e. The lowest BCUT2D eigenvalue weighted by Gasteiger charge is -2.11. The molecular weight excluding hydrogens is 452 g/mol. The highest BCUT2D eigenvalue weighted by atomic mass is 79.9. The Morgan fingerprint density at radius 3 is 2.73 bits per heavy atom. The molecule has 2 aromatic carbocycles. The average Bonchev–Trinajstić information content (AvgIpc) is 3.12. The molecule has 0 aliphatic carbocycles. The Kier molecular flexibility index (Phi) is 5.45. The lowest BCUT2D eigenvalue weighted by Crippen LogP contribution is -2.32. The molecule has 0 aliphatic rings. The van der Waals surface area contributed by atoms with Gasteiger partial charge >= 0.3 is 0 Å². The van der Waals surface area contributed by atoms with Crippen LogP contribution in [0.1, 0.15) is 5.56 Å². The number of nitrogens with one attached hydrogen (secondary N) is 2. The van der Waals surface area contributed by atoms with E-state index in [1.165, 1.54) is 10.9 Å². The van der Waals surface area contributed by atoms with E-state index in [0.29, 0.717) is 29.1 Å². The Bertz CT molecular complexity index is 1310. The van der Waals surface area contributed by atoms with Gasteiger partial charge in [0.1, 0.15) is 17.6 Å². The molecule has 9 heteroatoms. The van der Waals surface area contributed by atoms with Gasteiger partial charge in [-0.15, -0.1) is 0 Å². The van der Waals surface area contributed by atoms with Crippen molar-refractivity contribution < 1.29 is 14.3 Å². The summed E-state index contributed by atoms with van der Waals surface area (Å²) in [4.78, 5) is 32.7. The summed E-state index contributed by atoms with van der Waals surface area (Å²) < 4.78 is 12.7. The number of hydrogen-bond donors (Lipinski definition) is 2. The van der Waals surface area contributed by atoms with Gasteiger partial charge in [-0.2, -0.15) is 0 Å². The van der Waals surface area contributed by atoms with Crippen LogP contribution < -0.4 is 20.3 Å². The first-order chi connectivity index (χ1) is 14.5. The standard InChI is InChI=1S/C21H19BrN4O4/c1-29-16-6-3-12(7-17(16)30-2)9-23-18(27)10-26-11-24-19-14-8-13(22)4-5-15(14)25-20(19)21(26)28/h3-8,11,25H,9-10H2,1-2H3,(H,23,27). The van der Waals surface area contributed by atoms with E-state index in [-0.39, 0.29) is 18.0 Å². The predicted molar refractivity (Wildman–Crippen MR) is 117 cm³/mol. The maximum atomic E-state index is 12.8. The number of benzene rings is 2. The van der Waals surface area contributed by atoms with Gasteiger partial charge in [0.2, 0.25) is 5.91 Å². The molecule has 2 heterocycles. The number of halogens is 1. The lowest BCUT2D eigenvalue weighted by atomic mass is 10.2. The fourth-order valence-electron chi connectivity index (χ4n) is 3.28. The van der Waals surface area contributed by atoms with Crippen LogP contribution >= 0.6 is 15.9 Å². The maximum Gasteiger partial charge on any atom is 0.278 e. The fourth-order valence-corrected chi connectivity index (χ4v) is 3.64. The van der Waals surface area contributed by atoms with Gasteiger partial charge in [-0.1, -0.05) is 22.0 Å². The van der Waals surface area contributed by atoms with E-state index in [0.717, 1.165) is 20.9 Å². The van der Waals surface area contributed by atoms with E-state index in [1.54, 1.807) is 26.4 Å². The van der Waals surface area contributed by atoms with Crippen LogP contribution in [0, 0.1) is 0 Å². The first kappa shape index (κ1) is 20.0. The van der Waals surface area contributed by atoms with Crippen molar-refractivity contribution in [3.8, 4) is 11.5 Å². The molecule has 0 bridgehead atoms. The minimum atomic E-state index is -0.299. The lowest BCUT2D eigenvalue weighted by molar-refractivity contribution is -0.121. The van der Waals surface area contributed by atoms with Crippen molar-refractivity contribution in [1.82, 2.24) is 19.9 Å². The number of rotatable bonds is 6. The van der Waals surface area contributed by atoms with Crippen molar-refractivity contribution in [3.63, 3.8) is 0 Å². The largest absolute Gasteiger partial charge is 0.493 e. The minimum absolute atomic E-state index is 0.131. The van der Waals surface area contributed by atoms with Crippen LogP contribution in [0.2, 0.25) is 0 Å². The highest BCUT2D eigenvalue weighted by molar-refractivity contribution is 9.10. The van der Waals surface area contributed by atoms with Crippen LogP contribution in [0.5, 0.6) is 11.5 Å². The molecule has 1 amide bonds. The van der Waals surface area contributed by atoms with Crippen LogP contribution in [-0.2, 0) is 17.9 Å². The molecule has 0 fully saturated rings. The molecule has 0 saturated carbocycles. The zero-order chi connectivity index (χ0) is 21.3. The number of nitrogens with zero attached hydrogens (tertiary/aromatic N) is 2. The molecule has 0 atom stereocenters. The number of carbonyl (C=O) groups excluding carboxylic acids is 1. The van der Waals surface area contributed by atoms with Crippen molar-refractivity contribution in [3.05, 3.63) is 63.1 Å². The van der Waals surface area contributed by atoms with E-state index in [2.05, 4.69) is 31.2 Å². The number of aromatic amines is 1. The SMILES string of the molecule is COc1ccc(CNC(=O)Cn2cnc3c([nH]c4ccc(Br)cc43)c2=O)cc1OC. The molecule has 4 rings (SSSR count). The number of methoxy groups -OCH3 is 2. The topological polar surface area (TPSA) is 98.2 Å². The van der Waals surface area contributed by atoms with Crippen LogP contribution in [0.15, 0.2) is 52.0 Å². The molecule has 0 saturated heterocycles. The molecular formula is C21H19BrN4O4. The van der Waals surface area contributed by atoms with Gasteiger partial charge in [-0.3, -0.25) is 14.2 Å². The zero-order valence-corrected chi connectivity index (χ0v) is 17.9. The van der Waals surface area contributed by atoms with Crippen molar-refractivity contribution in [2.24, 2.45) is 0 Å². The number of carbonyl (C=O) groups is 1. The van der Waals surface area contributed by atoms with E-state index >= 15 is 0 Å². The molecule has 0 radical (unpaired) electrons. The van der Waals surface area contributed by atoms with Crippen LogP contribution in [-0.4, -0.2) is 34.7 Å². The summed E-state index contributed by atoms with van der Waals surface area (Å²) in [5.41, 5.74) is 2.32. The number of hydrogen-bond acceptors (Lipinski definition) is 5. The van der Waals surface area contributed by atoms with Gasteiger partial charge in [0, 0.05) is 21.9 Å². The second-order valence-corrected chi connectivity index (χ2v) is 7.60. The highest BCUT2D eigenvalue weighted by Crippen LogP contribution is 2.27. The summed E-state index contributed by atoms with van der Waals surface area (Å²) in [5, 5.41) is 3.65. The Labute approximate surface area is 180 Å². The molecule has 8 nitrogen and oxygen atoms in total.